The third-order valence-electron chi connectivity index (χ3n) is 3.40. The summed E-state index contributed by atoms with van der Waals surface area (Å²) >= 11 is 0. The van der Waals surface area contributed by atoms with Crippen LogP contribution in [0.4, 0.5) is 0 Å². The third kappa shape index (κ3) is 14.4. The molecule has 8 nitrogen and oxygen atoms in total. The molecular weight excluding hydrogens is 475 g/mol. The predicted molar refractivity (Wildman–Crippen MR) is 119 cm³/mol. The molecule has 8 N–H and O–H groups in total. The molecular formula is C24H24CoO8. The van der Waals surface area contributed by atoms with Crippen LogP contribution >= 0.6 is 0 Å². The maximum Gasteiger partial charge on any atom is 0.115 e. The van der Waals surface area contributed by atoms with Crippen LogP contribution in [-0.4, -0.2) is 40.9 Å². The number of phenols is 8. The first-order chi connectivity index (χ1) is 15.2. The van der Waals surface area contributed by atoms with Gasteiger partial charge in [0.1, 0.15) is 46.0 Å². The monoisotopic (exact) mass is 499 g/mol. The maximum absolute atomic E-state index is 8.65. The first-order valence-corrected chi connectivity index (χ1v) is 9.07. The minimum absolute atomic E-state index is 0. The molecule has 0 aliphatic rings. The summed E-state index contributed by atoms with van der Waals surface area (Å²) in [6.07, 6.45) is 0. The first kappa shape index (κ1) is 28.8. The molecule has 0 atom stereocenters. The molecule has 0 saturated carbocycles. The van der Waals surface area contributed by atoms with Crippen molar-refractivity contribution in [1.29, 1.82) is 0 Å². The largest absolute Gasteiger partial charge is 0.508 e. The average Bonchev–Trinajstić information content (AvgIpc) is 2.78. The van der Waals surface area contributed by atoms with Crippen LogP contribution in [0, 0.1) is 0 Å². The van der Waals surface area contributed by atoms with E-state index in [2.05, 4.69) is 0 Å². The van der Waals surface area contributed by atoms with Crippen LogP contribution in [0.25, 0.3) is 0 Å². The Morgan fingerprint density at radius 3 is 0.333 bits per heavy atom. The second-order valence-corrected chi connectivity index (χ2v) is 6.07. The van der Waals surface area contributed by atoms with E-state index in [1.807, 2.05) is 0 Å². The van der Waals surface area contributed by atoms with E-state index in [4.69, 9.17) is 40.9 Å². The van der Waals surface area contributed by atoms with E-state index in [1.165, 1.54) is 97.1 Å². The zero-order valence-corrected chi connectivity index (χ0v) is 18.2. The van der Waals surface area contributed by atoms with Gasteiger partial charge in [0.05, 0.1) is 0 Å². The standard InChI is InChI=1S/4C6H6O2.Co/c4*7-5-1-2-6(8)4-3-5;/h4*1-4,7-8H;. The molecule has 0 aliphatic carbocycles. The molecule has 0 bridgehead atoms. The summed E-state index contributed by atoms with van der Waals surface area (Å²) < 4.78 is 0. The zero-order chi connectivity index (χ0) is 23.9. The Bertz CT molecular complexity index is 762. The molecule has 1 radical (unpaired) electrons. The molecule has 0 saturated heterocycles. The molecule has 0 unspecified atom stereocenters. The van der Waals surface area contributed by atoms with Crippen LogP contribution in [0.1, 0.15) is 0 Å². The number of rotatable bonds is 0. The van der Waals surface area contributed by atoms with E-state index in [1.54, 1.807) is 0 Å². The van der Waals surface area contributed by atoms with E-state index in [9.17, 15) is 0 Å². The molecule has 0 aliphatic heterocycles. The van der Waals surface area contributed by atoms with Crippen LogP contribution in [0.2, 0.25) is 0 Å². The van der Waals surface area contributed by atoms with Crippen molar-refractivity contribution in [3.05, 3.63) is 97.1 Å². The van der Waals surface area contributed by atoms with Crippen LogP contribution in [0.15, 0.2) is 97.1 Å². The molecule has 33 heavy (non-hydrogen) atoms. The van der Waals surface area contributed by atoms with Gasteiger partial charge < -0.3 is 40.9 Å². The quantitative estimate of drug-likeness (QED) is 0.165. The van der Waals surface area contributed by atoms with Gasteiger partial charge in [-0.1, -0.05) is 0 Å². The van der Waals surface area contributed by atoms with Crippen molar-refractivity contribution in [1.82, 2.24) is 0 Å². The van der Waals surface area contributed by atoms with Gasteiger partial charge in [-0.2, -0.15) is 0 Å². The number of benzene rings is 4. The number of hydrogen-bond donors (Lipinski definition) is 8. The van der Waals surface area contributed by atoms with E-state index in [-0.39, 0.29) is 62.8 Å². The van der Waals surface area contributed by atoms with Crippen molar-refractivity contribution in [3.8, 4) is 46.0 Å². The molecule has 0 fully saturated rings. The molecule has 0 amide bonds. The Kier molecular flexibility index (Phi) is 13.6. The fourth-order valence-electron chi connectivity index (χ4n) is 1.81. The minimum atomic E-state index is 0. The van der Waals surface area contributed by atoms with Gasteiger partial charge in [-0.3, -0.25) is 0 Å². The van der Waals surface area contributed by atoms with Crippen molar-refractivity contribution in [2.24, 2.45) is 0 Å². The van der Waals surface area contributed by atoms with Gasteiger partial charge >= 0.3 is 0 Å². The van der Waals surface area contributed by atoms with Gasteiger partial charge in [0.15, 0.2) is 0 Å². The van der Waals surface area contributed by atoms with Crippen LogP contribution in [0.3, 0.4) is 0 Å². The summed E-state index contributed by atoms with van der Waals surface area (Å²) in [5, 5.41) is 69.2. The maximum atomic E-state index is 8.65. The Morgan fingerprint density at radius 1 is 0.212 bits per heavy atom. The molecule has 0 heterocycles. The molecule has 9 heteroatoms. The first-order valence-electron chi connectivity index (χ1n) is 9.07. The van der Waals surface area contributed by atoms with E-state index >= 15 is 0 Å². The van der Waals surface area contributed by atoms with E-state index < -0.39 is 0 Å². The van der Waals surface area contributed by atoms with Gasteiger partial charge in [0, 0.05) is 16.8 Å². The van der Waals surface area contributed by atoms with Gasteiger partial charge in [-0.15, -0.1) is 0 Å². The average molecular weight is 499 g/mol. The van der Waals surface area contributed by atoms with Crippen LogP contribution in [0.5, 0.6) is 46.0 Å². The predicted octanol–water partition coefficient (Wildman–Crippen LogP) is 4.39. The smallest absolute Gasteiger partial charge is 0.115 e. The molecule has 4 aromatic carbocycles. The SMILES string of the molecule is Oc1ccc(O)cc1.Oc1ccc(O)cc1.Oc1ccc(O)cc1.Oc1ccc(O)cc1.[Co]. The minimum Gasteiger partial charge on any atom is -0.508 e. The van der Waals surface area contributed by atoms with E-state index in [0.717, 1.165) is 0 Å². The molecule has 177 valence electrons. The number of aromatic hydroxyl groups is 8. The third-order valence-corrected chi connectivity index (χ3v) is 3.40. The normalized spacial score (nSPS) is 8.73. The molecule has 4 rings (SSSR count). The van der Waals surface area contributed by atoms with Crippen LogP contribution in [-0.2, 0) is 16.8 Å². The summed E-state index contributed by atoms with van der Waals surface area (Å²) in [4.78, 5) is 0. The van der Waals surface area contributed by atoms with Crippen molar-refractivity contribution in [3.63, 3.8) is 0 Å². The van der Waals surface area contributed by atoms with E-state index in [0.29, 0.717) is 0 Å². The molecule has 4 aromatic rings. The topological polar surface area (TPSA) is 162 Å². The Hall–Kier alpha value is -4.21. The summed E-state index contributed by atoms with van der Waals surface area (Å²) in [5.74, 6) is 1.35. The molecule has 0 aromatic heterocycles. The number of hydrogen-bond acceptors (Lipinski definition) is 8. The fraction of sp³-hybridized carbons (Fsp3) is 0. The summed E-state index contributed by atoms with van der Waals surface area (Å²) in [7, 11) is 0. The summed E-state index contributed by atoms with van der Waals surface area (Å²) in [6.45, 7) is 0. The summed E-state index contributed by atoms with van der Waals surface area (Å²) in [6, 6.07) is 22.8. The van der Waals surface area contributed by atoms with Crippen molar-refractivity contribution in [2.45, 2.75) is 0 Å². The Morgan fingerprint density at radius 2 is 0.273 bits per heavy atom. The summed E-state index contributed by atoms with van der Waals surface area (Å²) in [5.41, 5.74) is 0. The van der Waals surface area contributed by atoms with Crippen molar-refractivity contribution < 1.29 is 57.6 Å². The molecule has 0 spiro atoms. The van der Waals surface area contributed by atoms with Crippen molar-refractivity contribution >= 4 is 0 Å². The van der Waals surface area contributed by atoms with Crippen LogP contribution < -0.4 is 0 Å². The second kappa shape index (κ2) is 15.6. The van der Waals surface area contributed by atoms with Gasteiger partial charge in [-0.25, -0.2) is 0 Å². The second-order valence-electron chi connectivity index (χ2n) is 6.07. The van der Waals surface area contributed by atoms with Gasteiger partial charge in [0.2, 0.25) is 0 Å². The Balaban J connectivity index is 0.000000410. The fourth-order valence-corrected chi connectivity index (χ4v) is 1.81. The van der Waals surface area contributed by atoms with Gasteiger partial charge in [-0.05, 0) is 97.1 Å². The van der Waals surface area contributed by atoms with Crippen molar-refractivity contribution in [2.75, 3.05) is 0 Å². The Labute approximate surface area is 200 Å². The number of phenolic OH excluding ortho intramolecular Hbond substituents is 8. The van der Waals surface area contributed by atoms with Gasteiger partial charge in [0.25, 0.3) is 0 Å². The zero-order valence-electron chi connectivity index (χ0n) is 17.1.